The molecule has 1 N–H and O–H groups in total. The van der Waals surface area contributed by atoms with Gasteiger partial charge in [-0.1, -0.05) is 0 Å². The summed E-state index contributed by atoms with van der Waals surface area (Å²) >= 11 is 1.32. The van der Waals surface area contributed by atoms with E-state index in [1.165, 1.54) is 35.6 Å². The lowest BCUT2D eigenvalue weighted by Gasteiger charge is -2.16. The fraction of sp³-hybridized carbons (Fsp3) is 0.200. The van der Waals surface area contributed by atoms with E-state index < -0.39 is 0 Å². The molecule has 1 amide bonds. The zero-order valence-electron chi connectivity index (χ0n) is 15.3. The average Bonchev–Trinajstić information content (AvgIpc) is 3.16. The molecule has 28 heavy (non-hydrogen) atoms. The van der Waals surface area contributed by atoms with Crippen molar-refractivity contribution >= 4 is 22.4 Å². The van der Waals surface area contributed by atoms with E-state index in [4.69, 9.17) is 14.2 Å². The highest BCUT2D eigenvalue weighted by molar-refractivity contribution is 7.13. The Bertz CT molecular complexity index is 916. The van der Waals surface area contributed by atoms with E-state index >= 15 is 0 Å². The third-order valence-corrected chi connectivity index (χ3v) is 4.27. The van der Waals surface area contributed by atoms with Crippen LogP contribution in [0.1, 0.15) is 17.3 Å². The quantitative estimate of drug-likeness (QED) is 0.589. The Morgan fingerprint density at radius 1 is 1.18 bits per heavy atom. The second-order valence-electron chi connectivity index (χ2n) is 5.92. The van der Waals surface area contributed by atoms with Crippen LogP contribution in [-0.4, -0.2) is 30.7 Å². The SMILES string of the molecule is COC[C@H](C)Oc1cc(Oc2ccc(F)cc2)cc(C(=O)Nc2nccs2)c1. The van der Waals surface area contributed by atoms with Crippen molar-refractivity contribution < 1.29 is 23.4 Å². The topological polar surface area (TPSA) is 69.7 Å². The van der Waals surface area contributed by atoms with Crippen LogP contribution in [0.3, 0.4) is 0 Å². The molecule has 0 aliphatic heterocycles. The van der Waals surface area contributed by atoms with Crippen LogP contribution in [-0.2, 0) is 4.74 Å². The molecule has 146 valence electrons. The fourth-order valence-corrected chi connectivity index (χ4v) is 2.95. The van der Waals surface area contributed by atoms with Gasteiger partial charge >= 0.3 is 0 Å². The monoisotopic (exact) mass is 402 g/mol. The first-order valence-corrected chi connectivity index (χ1v) is 9.36. The van der Waals surface area contributed by atoms with Crippen LogP contribution >= 0.6 is 11.3 Å². The number of carbonyl (C=O) groups excluding carboxylic acids is 1. The van der Waals surface area contributed by atoms with Crippen LogP contribution in [0.2, 0.25) is 0 Å². The average molecular weight is 402 g/mol. The van der Waals surface area contributed by atoms with Gasteiger partial charge in [0.05, 0.1) is 6.61 Å². The summed E-state index contributed by atoms with van der Waals surface area (Å²) in [4.78, 5) is 16.6. The van der Waals surface area contributed by atoms with Crippen LogP contribution in [0, 0.1) is 5.82 Å². The van der Waals surface area contributed by atoms with Crippen molar-refractivity contribution in [2.75, 3.05) is 19.0 Å². The van der Waals surface area contributed by atoms with E-state index in [1.54, 1.807) is 36.9 Å². The Labute approximate surface area is 165 Å². The van der Waals surface area contributed by atoms with Crippen molar-refractivity contribution in [2.45, 2.75) is 13.0 Å². The number of methoxy groups -OCH3 is 1. The van der Waals surface area contributed by atoms with E-state index in [1.807, 2.05) is 6.92 Å². The van der Waals surface area contributed by atoms with E-state index in [9.17, 15) is 9.18 Å². The van der Waals surface area contributed by atoms with E-state index in [2.05, 4.69) is 10.3 Å². The van der Waals surface area contributed by atoms with Gasteiger partial charge in [-0.25, -0.2) is 9.37 Å². The van der Waals surface area contributed by atoms with Crippen molar-refractivity contribution in [2.24, 2.45) is 0 Å². The smallest absolute Gasteiger partial charge is 0.257 e. The molecule has 0 unspecified atom stereocenters. The van der Waals surface area contributed by atoms with Gasteiger partial charge in [0.1, 0.15) is 29.2 Å². The van der Waals surface area contributed by atoms with E-state index in [-0.39, 0.29) is 17.8 Å². The van der Waals surface area contributed by atoms with Gasteiger partial charge < -0.3 is 14.2 Å². The Kier molecular flexibility index (Phi) is 6.57. The predicted molar refractivity (Wildman–Crippen MR) is 105 cm³/mol. The summed E-state index contributed by atoms with van der Waals surface area (Å²) in [6.45, 7) is 2.25. The molecule has 6 nitrogen and oxygen atoms in total. The summed E-state index contributed by atoms with van der Waals surface area (Å²) in [5, 5.41) is 4.98. The first-order valence-electron chi connectivity index (χ1n) is 8.48. The Morgan fingerprint density at radius 3 is 2.61 bits per heavy atom. The highest BCUT2D eigenvalue weighted by Gasteiger charge is 2.14. The Hall–Kier alpha value is -2.97. The van der Waals surface area contributed by atoms with Crippen LogP contribution in [0.4, 0.5) is 9.52 Å². The lowest BCUT2D eigenvalue weighted by molar-refractivity contribution is 0.0916. The number of hydrogen-bond acceptors (Lipinski definition) is 6. The minimum Gasteiger partial charge on any atom is -0.488 e. The maximum absolute atomic E-state index is 13.1. The maximum atomic E-state index is 13.1. The normalized spacial score (nSPS) is 11.7. The summed E-state index contributed by atoms with van der Waals surface area (Å²) < 4.78 is 29.8. The van der Waals surface area contributed by atoms with Gasteiger partial charge in [-0.15, -0.1) is 11.3 Å². The molecule has 0 radical (unpaired) electrons. The summed E-state index contributed by atoms with van der Waals surface area (Å²) in [5.74, 6) is 0.575. The first kappa shape index (κ1) is 19.8. The zero-order chi connectivity index (χ0) is 19.9. The van der Waals surface area contributed by atoms with Crippen molar-refractivity contribution in [3.8, 4) is 17.2 Å². The largest absolute Gasteiger partial charge is 0.488 e. The second kappa shape index (κ2) is 9.29. The number of amides is 1. The van der Waals surface area contributed by atoms with Crippen molar-refractivity contribution in [1.29, 1.82) is 0 Å². The number of benzene rings is 2. The number of halogens is 1. The number of aromatic nitrogens is 1. The standard InChI is InChI=1S/C20H19FN2O4S/c1-13(12-25-2)26-17-9-14(19(24)23-20-22-7-8-28-20)10-18(11-17)27-16-5-3-15(21)4-6-16/h3-11,13H,12H2,1-2H3,(H,22,23,24)/t13-/m0/s1. The molecule has 1 aromatic heterocycles. The number of hydrogen-bond donors (Lipinski definition) is 1. The molecule has 3 aromatic rings. The molecule has 0 saturated carbocycles. The number of rotatable bonds is 8. The minimum absolute atomic E-state index is 0.221. The molecular weight excluding hydrogens is 383 g/mol. The molecule has 0 aliphatic rings. The lowest BCUT2D eigenvalue weighted by atomic mass is 10.2. The summed E-state index contributed by atoms with van der Waals surface area (Å²) in [7, 11) is 1.58. The number of anilines is 1. The van der Waals surface area contributed by atoms with Gasteiger partial charge in [0.2, 0.25) is 0 Å². The molecule has 0 bridgehead atoms. The predicted octanol–water partition coefficient (Wildman–Crippen LogP) is 4.74. The number of carbonyl (C=O) groups is 1. The van der Waals surface area contributed by atoms with Gasteiger partial charge in [0.25, 0.3) is 5.91 Å². The Morgan fingerprint density at radius 2 is 1.93 bits per heavy atom. The number of nitrogens with zero attached hydrogens (tertiary/aromatic N) is 1. The third-order valence-electron chi connectivity index (χ3n) is 3.58. The lowest BCUT2D eigenvalue weighted by Crippen LogP contribution is -2.18. The molecule has 1 atom stereocenters. The fourth-order valence-electron chi connectivity index (χ4n) is 2.42. The van der Waals surface area contributed by atoms with Gasteiger partial charge in [0, 0.05) is 30.3 Å². The highest BCUT2D eigenvalue weighted by atomic mass is 32.1. The molecule has 0 aliphatic carbocycles. The molecule has 0 saturated heterocycles. The van der Waals surface area contributed by atoms with Crippen molar-refractivity contribution in [3.63, 3.8) is 0 Å². The molecule has 0 spiro atoms. The summed E-state index contributed by atoms with van der Waals surface area (Å²) in [6, 6.07) is 10.5. The first-order chi connectivity index (χ1) is 13.5. The summed E-state index contributed by atoms with van der Waals surface area (Å²) in [5.41, 5.74) is 0.342. The molecule has 8 heteroatoms. The van der Waals surface area contributed by atoms with Crippen LogP contribution < -0.4 is 14.8 Å². The second-order valence-corrected chi connectivity index (χ2v) is 6.82. The third kappa shape index (κ3) is 5.51. The Balaban J connectivity index is 1.86. The van der Waals surface area contributed by atoms with E-state index in [0.29, 0.717) is 34.6 Å². The number of nitrogens with one attached hydrogen (secondary N) is 1. The van der Waals surface area contributed by atoms with Gasteiger partial charge in [0.15, 0.2) is 5.13 Å². The molecular formula is C20H19FN2O4S. The molecule has 0 fully saturated rings. The number of thiazole rings is 1. The van der Waals surface area contributed by atoms with Crippen LogP contribution in [0.25, 0.3) is 0 Å². The molecule has 3 rings (SSSR count). The van der Waals surface area contributed by atoms with E-state index in [0.717, 1.165) is 0 Å². The molecule has 1 heterocycles. The molecule has 2 aromatic carbocycles. The maximum Gasteiger partial charge on any atom is 0.257 e. The van der Waals surface area contributed by atoms with Crippen LogP contribution in [0.5, 0.6) is 17.2 Å². The van der Waals surface area contributed by atoms with Gasteiger partial charge in [-0.3, -0.25) is 10.1 Å². The van der Waals surface area contributed by atoms with Crippen molar-refractivity contribution in [3.05, 3.63) is 65.4 Å². The van der Waals surface area contributed by atoms with Gasteiger partial charge in [-0.05, 0) is 43.3 Å². The zero-order valence-corrected chi connectivity index (χ0v) is 16.2. The highest BCUT2D eigenvalue weighted by Crippen LogP contribution is 2.29. The summed E-state index contributed by atoms with van der Waals surface area (Å²) in [6.07, 6.45) is 1.39. The van der Waals surface area contributed by atoms with Crippen molar-refractivity contribution in [1.82, 2.24) is 4.98 Å². The minimum atomic E-state index is -0.360. The van der Waals surface area contributed by atoms with Crippen LogP contribution in [0.15, 0.2) is 54.0 Å². The van der Waals surface area contributed by atoms with Gasteiger partial charge in [-0.2, -0.15) is 0 Å². The number of ether oxygens (including phenoxy) is 3.